The molecule has 136 valence electrons. The van der Waals surface area contributed by atoms with Gasteiger partial charge in [-0.2, -0.15) is 0 Å². The number of carboxylic acids is 1. The molecular formula is C20H27NO4. The predicted octanol–water partition coefficient (Wildman–Crippen LogP) is 4.05. The zero-order valence-electron chi connectivity index (χ0n) is 15.1. The maximum atomic E-state index is 12.1. The Labute approximate surface area is 149 Å². The number of aliphatic carboxylic acids is 1. The van der Waals surface area contributed by atoms with Crippen molar-refractivity contribution in [1.82, 2.24) is 4.90 Å². The van der Waals surface area contributed by atoms with E-state index < -0.39 is 17.5 Å². The number of hydrogen-bond donors (Lipinski definition) is 1. The Balaban J connectivity index is 1.94. The topological polar surface area (TPSA) is 66.8 Å². The van der Waals surface area contributed by atoms with Crippen LogP contribution in [-0.2, 0) is 9.53 Å². The Morgan fingerprint density at radius 2 is 2.00 bits per heavy atom. The fraction of sp³-hybridized carbons (Fsp3) is 0.500. The van der Waals surface area contributed by atoms with Crippen molar-refractivity contribution >= 4 is 18.1 Å². The first kappa shape index (κ1) is 19.0. The minimum absolute atomic E-state index is 0.0505. The molecule has 1 saturated heterocycles. The number of carbonyl (C=O) groups excluding carboxylic acids is 1. The summed E-state index contributed by atoms with van der Waals surface area (Å²) >= 11 is 0. The summed E-state index contributed by atoms with van der Waals surface area (Å²) in [6, 6.07) is 9.80. The van der Waals surface area contributed by atoms with Crippen molar-refractivity contribution in [2.75, 3.05) is 13.1 Å². The molecule has 1 aromatic carbocycles. The summed E-state index contributed by atoms with van der Waals surface area (Å²) in [6.45, 7) is 6.46. The van der Waals surface area contributed by atoms with E-state index in [9.17, 15) is 14.7 Å². The van der Waals surface area contributed by atoms with Crippen molar-refractivity contribution in [2.24, 2.45) is 11.8 Å². The van der Waals surface area contributed by atoms with Crippen LogP contribution in [-0.4, -0.2) is 40.8 Å². The maximum Gasteiger partial charge on any atom is 0.410 e. The van der Waals surface area contributed by atoms with Crippen LogP contribution in [0.3, 0.4) is 0 Å². The highest BCUT2D eigenvalue weighted by atomic mass is 16.6. The number of likely N-dealkylation sites (tertiary alicyclic amines) is 1. The summed E-state index contributed by atoms with van der Waals surface area (Å²) in [7, 11) is 0. The van der Waals surface area contributed by atoms with Crippen LogP contribution in [0.25, 0.3) is 6.08 Å². The van der Waals surface area contributed by atoms with E-state index in [0.717, 1.165) is 5.56 Å². The zero-order valence-corrected chi connectivity index (χ0v) is 15.1. The van der Waals surface area contributed by atoms with Gasteiger partial charge in [0, 0.05) is 13.1 Å². The lowest BCUT2D eigenvalue weighted by Gasteiger charge is -2.25. The van der Waals surface area contributed by atoms with Crippen LogP contribution in [0.15, 0.2) is 36.4 Å². The van der Waals surface area contributed by atoms with E-state index in [0.29, 0.717) is 25.9 Å². The molecule has 25 heavy (non-hydrogen) atoms. The second-order valence-electron chi connectivity index (χ2n) is 7.47. The Morgan fingerprint density at radius 1 is 1.32 bits per heavy atom. The van der Waals surface area contributed by atoms with E-state index in [1.54, 1.807) is 4.90 Å². The number of carbonyl (C=O) groups is 2. The molecule has 1 heterocycles. The molecule has 1 aliphatic rings. The smallest absolute Gasteiger partial charge is 0.410 e. The molecule has 1 amide bonds. The van der Waals surface area contributed by atoms with Gasteiger partial charge in [0.15, 0.2) is 0 Å². The zero-order chi connectivity index (χ0) is 18.4. The first-order valence-electron chi connectivity index (χ1n) is 8.68. The van der Waals surface area contributed by atoms with Gasteiger partial charge < -0.3 is 14.7 Å². The molecule has 0 spiro atoms. The molecule has 0 radical (unpaired) electrons. The van der Waals surface area contributed by atoms with E-state index in [-0.39, 0.29) is 12.0 Å². The number of benzene rings is 1. The van der Waals surface area contributed by atoms with Gasteiger partial charge in [-0.3, -0.25) is 4.79 Å². The largest absolute Gasteiger partial charge is 0.481 e. The van der Waals surface area contributed by atoms with Gasteiger partial charge in [-0.05, 0) is 45.1 Å². The quantitative estimate of drug-likeness (QED) is 0.874. The minimum Gasteiger partial charge on any atom is -0.481 e. The van der Waals surface area contributed by atoms with E-state index >= 15 is 0 Å². The summed E-state index contributed by atoms with van der Waals surface area (Å²) in [5, 5.41) is 9.57. The Kier molecular flexibility index (Phi) is 6.23. The molecule has 0 aromatic heterocycles. The van der Waals surface area contributed by atoms with Crippen LogP contribution in [0.4, 0.5) is 4.79 Å². The van der Waals surface area contributed by atoms with Crippen LogP contribution in [0.1, 0.15) is 39.2 Å². The van der Waals surface area contributed by atoms with Gasteiger partial charge in [-0.15, -0.1) is 0 Å². The predicted molar refractivity (Wildman–Crippen MR) is 97.1 cm³/mol. The molecular weight excluding hydrogens is 318 g/mol. The van der Waals surface area contributed by atoms with E-state index in [2.05, 4.69) is 0 Å². The fourth-order valence-corrected chi connectivity index (χ4v) is 3.02. The number of nitrogens with zero attached hydrogens (tertiary/aromatic N) is 1. The molecule has 5 nitrogen and oxygen atoms in total. The highest BCUT2D eigenvalue weighted by Gasteiger charge is 2.36. The van der Waals surface area contributed by atoms with Crippen molar-refractivity contribution in [1.29, 1.82) is 0 Å². The average Bonchev–Trinajstić information content (AvgIpc) is 3.00. The van der Waals surface area contributed by atoms with Crippen molar-refractivity contribution < 1.29 is 19.4 Å². The summed E-state index contributed by atoms with van der Waals surface area (Å²) in [4.78, 5) is 25.4. The fourth-order valence-electron chi connectivity index (χ4n) is 3.02. The summed E-state index contributed by atoms with van der Waals surface area (Å²) in [6.07, 6.45) is 4.63. The molecule has 1 fully saturated rings. The molecule has 5 heteroatoms. The number of rotatable bonds is 5. The Morgan fingerprint density at radius 3 is 2.60 bits per heavy atom. The van der Waals surface area contributed by atoms with Crippen LogP contribution < -0.4 is 0 Å². The van der Waals surface area contributed by atoms with Gasteiger partial charge in [0.05, 0.1) is 5.92 Å². The molecule has 0 aliphatic carbocycles. The van der Waals surface area contributed by atoms with Gasteiger partial charge in [0.2, 0.25) is 0 Å². The molecule has 1 N–H and O–H groups in total. The van der Waals surface area contributed by atoms with Crippen LogP contribution >= 0.6 is 0 Å². The lowest BCUT2D eigenvalue weighted by Crippen LogP contribution is -2.36. The average molecular weight is 345 g/mol. The van der Waals surface area contributed by atoms with Gasteiger partial charge in [-0.1, -0.05) is 42.5 Å². The van der Waals surface area contributed by atoms with Crippen LogP contribution in [0, 0.1) is 11.8 Å². The lowest BCUT2D eigenvalue weighted by atomic mass is 9.88. The van der Waals surface area contributed by atoms with E-state index in [4.69, 9.17) is 4.74 Å². The molecule has 0 saturated carbocycles. The monoisotopic (exact) mass is 345 g/mol. The van der Waals surface area contributed by atoms with Crippen molar-refractivity contribution in [3.8, 4) is 0 Å². The first-order chi connectivity index (χ1) is 11.8. The van der Waals surface area contributed by atoms with Crippen molar-refractivity contribution in [2.45, 2.75) is 39.2 Å². The maximum absolute atomic E-state index is 12.1. The van der Waals surface area contributed by atoms with Gasteiger partial charge in [0.1, 0.15) is 5.60 Å². The second-order valence-corrected chi connectivity index (χ2v) is 7.47. The van der Waals surface area contributed by atoms with Crippen LogP contribution in [0.5, 0.6) is 0 Å². The lowest BCUT2D eigenvalue weighted by molar-refractivity contribution is -0.143. The molecule has 2 atom stereocenters. The normalized spacial score (nSPS) is 19.2. The number of amides is 1. The van der Waals surface area contributed by atoms with Crippen molar-refractivity contribution in [3.05, 3.63) is 42.0 Å². The SMILES string of the molecule is CC(C)(C)OC(=O)N1CC[C@H]([C@H](C/C=C/c2ccccc2)C(=O)O)C1. The number of carboxylic acid groups (broad SMARTS) is 1. The van der Waals surface area contributed by atoms with E-state index in [1.165, 1.54) is 0 Å². The third kappa shape index (κ3) is 5.93. The third-order valence-electron chi connectivity index (χ3n) is 4.26. The van der Waals surface area contributed by atoms with E-state index in [1.807, 2.05) is 63.3 Å². The highest BCUT2D eigenvalue weighted by Crippen LogP contribution is 2.28. The summed E-state index contributed by atoms with van der Waals surface area (Å²) in [5.74, 6) is -1.36. The molecule has 1 aromatic rings. The third-order valence-corrected chi connectivity index (χ3v) is 4.26. The number of hydrogen-bond acceptors (Lipinski definition) is 3. The molecule has 2 rings (SSSR count). The summed E-state index contributed by atoms with van der Waals surface area (Å²) < 4.78 is 5.37. The molecule has 0 unspecified atom stereocenters. The number of ether oxygens (including phenoxy) is 1. The van der Waals surface area contributed by atoms with Gasteiger partial charge >= 0.3 is 12.1 Å². The Hall–Kier alpha value is -2.30. The van der Waals surface area contributed by atoms with Gasteiger partial charge in [0.25, 0.3) is 0 Å². The van der Waals surface area contributed by atoms with Gasteiger partial charge in [-0.25, -0.2) is 4.79 Å². The Bertz CT molecular complexity index is 618. The first-order valence-corrected chi connectivity index (χ1v) is 8.68. The highest BCUT2D eigenvalue weighted by molar-refractivity contribution is 5.72. The van der Waals surface area contributed by atoms with Crippen LogP contribution in [0.2, 0.25) is 0 Å². The minimum atomic E-state index is -0.811. The van der Waals surface area contributed by atoms with Crippen molar-refractivity contribution in [3.63, 3.8) is 0 Å². The summed E-state index contributed by atoms with van der Waals surface area (Å²) in [5.41, 5.74) is 0.508. The standard InChI is InChI=1S/C20H27NO4/c1-20(2,3)25-19(24)21-13-12-16(14-21)17(18(22)23)11-7-10-15-8-5-4-6-9-15/h4-10,16-17H,11-14H2,1-3H3,(H,22,23)/b10-7+/t16-,17-/m0/s1. The second kappa shape index (κ2) is 8.19. The molecule has 1 aliphatic heterocycles. The number of allylic oxidation sites excluding steroid dienone is 1. The molecule has 0 bridgehead atoms.